The Bertz CT molecular complexity index is 488. The first-order chi connectivity index (χ1) is 9.51. The molecule has 5 nitrogen and oxygen atoms in total. The van der Waals surface area contributed by atoms with E-state index >= 15 is 0 Å². The monoisotopic (exact) mass is 277 g/mol. The van der Waals surface area contributed by atoms with Crippen LogP contribution in [0, 0.1) is 5.92 Å². The lowest BCUT2D eigenvalue weighted by Crippen LogP contribution is -2.39. The van der Waals surface area contributed by atoms with Crippen LogP contribution in [-0.2, 0) is 11.2 Å². The van der Waals surface area contributed by atoms with Crippen LogP contribution in [0.25, 0.3) is 0 Å². The second-order valence-corrected chi connectivity index (χ2v) is 5.71. The third kappa shape index (κ3) is 3.26. The number of anilines is 1. The molecule has 1 aromatic heterocycles. The highest BCUT2D eigenvalue weighted by atomic mass is 16.4. The zero-order valence-corrected chi connectivity index (χ0v) is 12.5. The molecule has 0 aliphatic carbocycles. The molecule has 2 heterocycles. The predicted molar refractivity (Wildman–Crippen MR) is 78.1 cm³/mol. The van der Waals surface area contributed by atoms with Crippen molar-refractivity contribution >= 4 is 11.8 Å². The largest absolute Gasteiger partial charge is 0.481 e. The lowest BCUT2D eigenvalue weighted by atomic mass is 9.98. The molecule has 1 aliphatic rings. The van der Waals surface area contributed by atoms with Crippen molar-refractivity contribution in [3.05, 3.63) is 17.6 Å². The average Bonchev–Trinajstić information content (AvgIpc) is 2.46. The fourth-order valence-electron chi connectivity index (χ4n) is 2.49. The summed E-state index contributed by atoms with van der Waals surface area (Å²) in [4.78, 5) is 22.4. The first-order valence-corrected chi connectivity index (χ1v) is 7.36. The van der Waals surface area contributed by atoms with Crippen LogP contribution in [0.1, 0.15) is 51.0 Å². The second kappa shape index (κ2) is 6.20. The molecule has 0 saturated carbocycles. The lowest BCUT2D eigenvalue weighted by molar-refractivity contribution is -0.141. The topological polar surface area (TPSA) is 66.3 Å². The summed E-state index contributed by atoms with van der Waals surface area (Å²) in [6.07, 6.45) is 2.53. The molecular weight excluding hydrogens is 254 g/mol. The predicted octanol–water partition coefficient (Wildman–Crippen LogP) is 2.46. The van der Waals surface area contributed by atoms with Crippen LogP contribution in [-0.4, -0.2) is 34.1 Å². The maximum atomic E-state index is 11.2. The van der Waals surface area contributed by atoms with Gasteiger partial charge >= 0.3 is 5.97 Å². The molecule has 1 N–H and O–H groups in total. The van der Waals surface area contributed by atoms with Crippen molar-refractivity contribution in [1.29, 1.82) is 0 Å². The molecule has 0 aromatic carbocycles. The first kappa shape index (κ1) is 14.8. The number of aryl methyl sites for hydroxylation is 1. The zero-order chi connectivity index (χ0) is 14.7. The Morgan fingerprint density at radius 3 is 2.85 bits per heavy atom. The summed E-state index contributed by atoms with van der Waals surface area (Å²) in [6, 6.07) is 2.00. The number of hydrogen-bond acceptors (Lipinski definition) is 4. The summed E-state index contributed by atoms with van der Waals surface area (Å²) >= 11 is 0. The molecule has 0 amide bonds. The van der Waals surface area contributed by atoms with Gasteiger partial charge in [-0.15, -0.1) is 0 Å². The van der Waals surface area contributed by atoms with E-state index in [4.69, 9.17) is 0 Å². The average molecular weight is 277 g/mol. The van der Waals surface area contributed by atoms with Crippen LogP contribution < -0.4 is 4.90 Å². The molecule has 0 radical (unpaired) electrons. The number of carboxylic acid groups (broad SMARTS) is 1. The van der Waals surface area contributed by atoms with Gasteiger partial charge in [-0.05, 0) is 19.3 Å². The zero-order valence-electron chi connectivity index (χ0n) is 12.5. The van der Waals surface area contributed by atoms with E-state index in [0.717, 1.165) is 43.1 Å². The van der Waals surface area contributed by atoms with E-state index < -0.39 is 5.97 Å². The summed E-state index contributed by atoms with van der Waals surface area (Å²) in [5.41, 5.74) is 1.02. The standard InChI is InChI=1S/C15H23N3O2/c1-4-12-8-13(17-14(16-12)10(2)3)18-7-5-6-11(9-18)15(19)20/h8,10-11H,4-7,9H2,1-3H3,(H,19,20). The Morgan fingerprint density at radius 2 is 2.25 bits per heavy atom. The number of rotatable bonds is 4. The van der Waals surface area contributed by atoms with Gasteiger partial charge in [-0.2, -0.15) is 0 Å². The van der Waals surface area contributed by atoms with Gasteiger partial charge in [0.25, 0.3) is 0 Å². The SMILES string of the molecule is CCc1cc(N2CCCC(C(=O)O)C2)nc(C(C)C)n1. The number of carboxylic acids is 1. The molecule has 1 unspecified atom stereocenters. The van der Waals surface area contributed by atoms with E-state index in [0.29, 0.717) is 6.54 Å². The first-order valence-electron chi connectivity index (χ1n) is 7.36. The van der Waals surface area contributed by atoms with Crippen molar-refractivity contribution in [1.82, 2.24) is 9.97 Å². The van der Waals surface area contributed by atoms with Gasteiger partial charge in [0, 0.05) is 30.8 Å². The normalized spacial score (nSPS) is 19.4. The van der Waals surface area contributed by atoms with Crippen molar-refractivity contribution < 1.29 is 9.90 Å². The summed E-state index contributed by atoms with van der Waals surface area (Å²) in [5.74, 6) is 1.01. The van der Waals surface area contributed by atoms with E-state index in [-0.39, 0.29) is 11.8 Å². The third-order valence-electron chi connectivity index (χ3n) is 3.76. The minimum atomic E-state index is -0.705. The number of aliphatic carboxylic acids is 1. The molecule has 1 aromatic rings. The molecule has 1 atom stereocenters. The van der Waals surface area contributed by atoms with Crippen molar-refractivity contribution in [2.75, 3.05) is 18.0 Å². The van der Waals surface area contributed by atoms with Crippen LogP contribution in [0.3, 0.4) is 0 Å². The van der Waals surface area contributed by atoms with Gasteiger partial charge in [-0.3, -0.25) is 4.79 Å². The minimum Gasteiger partial charge on any atom is -0.481 e. The summed E-state index contributed by atoms with van der Waals surface area (Å²) in [5, 5.41) is 9.19. The summed E-state index contributed by atoms with van der Waals surface area (Å²) in [7, 11) is 0. The number of nitrogens with zero attached hydrogens (tertiary/aromatic N) is 3. The minimum absolute atomic E-state index is 0.278. The quantitative estimate of drug-likeness (QED) is 0.915. The van der Waals surface area contributed by atoms with Gasteiger partial charge in [-0.25, -0.2) is 9.97 Å². The molecular formula is C15H23N3O2. The maximum Gasteiger partial charge on any atom is 0.308 e. The fraction of sp³-hybridized carbons (Fsp3) is 0.667. The van der Waals surface area contributed by atoms with Crippen LogP contribution in [0.15, 0.2) is 6.07 Å². The van der Waals surface area contributed by atoms with Gasteiger partial charge in [-0.1, -0.05) is 20.8 Å². The second-order valence-electron chi connectivity index (χ2n) is 5.71. The van der Waals surface area contributed by atoms with E-state index in [1.807, 2.05) is 6.07 Å². The third-order valence-corrected chi connectivity index (χ3v) is 3.76. The van der Waals surface area contributed by atoms with Crippen molar-refractivity contribution in [2.45, 2.75) is 46.0 Å². The number of aromatic nitrogens is 2. The van der Waals surface area contributed by atoms with Gasteiger partial charge in [0.1, 0.15) is 11.6 Å². The Labute approximate surface area is 120 Å². The highest BCUT2D eigenvalue weighted by Crippen LogP contribution is 2.24. The molecule has 0 spiro atoms. The highest BCUT2D eigenvalue weighted by Gasteiger charge is 2.26. The molecule has 5 heteroatoms. The summed E-state index contributed by atoms with van der Waals surface area (Å²) in [6.45, 7) is 7.66. The molecule has 1 saturated heterocycles. The van der Waals surface area contributed by atoms with Crippen molar-refractivity contribution in [3.8, 4) is 0 Å². The van der Waals surface area contributed by atoms with Crippen molar-refractivity contribution in [3.63, 3.8) is 0 Å². The van der Waals surface area contributed by atoms with Crippen LogP contribution in [0.4, 0.5) is 5.82 Å². The molecule has 0 bridgehead atoms. The molecule has 2 rings (SSSR count). The lowest BCUT2D eigenvalue weighted by Gasteiger charge is -2.32. The van der Waals surface area contributed by atoms with Gasteiger partial charge in [0.15, 0.2) is 0 Å². The smallest absolute Gasteiger partial charge is 0.308 e. The Balaban J connectivity index is 2.26. The van der Waals surface area contributed by atoms with Crippen LogP contribution in [0.2, 0.25) is 0 Å². The summed E-state index contributed by atoms with van der Waals surface area (Å²) < 4.78 is 0. The molecule has 1 aliphatic heterocycles. The van der Waals surface area contributed by atoms with E-state index in [2.05, 4.69) is 35.6 Å². The number of hydrogen-bond donors (Lipinski definition) is 1. The number of carbonyl (C=O) groups is 1. The maximum absolute atomic E-state index is 11.2. The highest BCUT2D eigenvalue weighted by molar-refractivity contribution is 5.71. The molecule has 1 fully saturated rings. The van der Waals surface area contributed by atoms with E-state index in [1.54, 1.807) is 0 Å². The van der Waals surface area contributed by atoms with Crippen molar-refractivity contribution in [2.24, 2.45) is 5.92 Å². The Hall–Kier alpha value is -1.65. The Kier molecular flexibility index (Phi) is 4.57. The van der Waals surface area contributed by atoms with E-state index in [1.165, 1.54) is 0 Å². The van der Waals surface area contributed by atoms with Crippen LogP contribution >= 0.6 is 0 Å². The van der Waals surface area contributed by atoms with Gasteiger partial charge in [0.05, 0.1) is 5.92 Å². The molecule has 110 valence electrons. The molecule has 20 heavy (non-hydrogen) atoms. The fourth-order valence-corrected chi connectivity index (χ4v) is 2.49. The van der Waals surface area contributed by atoms with Gasteiger partial charge < -0.3 is 10.0 Å². The van der Waals surface area contributed by atoms with E-state index in [9.17, 15) is 9.90 Å². The number of piperidine rings is 1. The Morgan fingerprint density at radius 1 is 1.50 bits per heavy atom. The van der Waals surface area contributed by atoms with Gasteiger partial charge in [0.2, 0.25) is 0 Å². The van der Waals surface area contributed by atoms with Crippen LogP contribution in [0.5, 0.6) is 0 Å².